The average molecular weight is 366 g/mol. The van der Waals surface area contributed by atoms with E-state index in [0.717, 1.165) is 30.8 Å². The molecule has 0 aliphatic carbocycles. The minimum absolute atomic E-state index is 0.0409. The van der Waals surface area contributed by atoms with E-state index in [1.165, 1.54) is 0 Å². The first-order valence-electron chi connectivity index (χ1n) is 9.44. The first-order valence-corrected chi connectivity index (χ1v) is 9.44. The minimum Gasteiger partial charge on any atom is -0.354 e. The highest BCUT2D eigenvalue weighted by Gasteiger charge is 2.24. The maximum Gasteiger partial charge on any atom is 0.274 e. The van der Waals surface area contributed by atoms with Crippen LogP contribution in [0.3, 0.4) is 0 Å². The lowest BCUT2D eigenvalue weighted by Gasteiger charge is -2.23. The fourth-order valence-electron chi connectivity index (χ4n) is 3.38. The topological polar surface area (TPSA) is 88.9 Å². The van der Waals surface area contributed by atoms with Gasteiger partial charge in [-0.1, -0.05) is 13.8 Å². The predicted molar refractivity (Wildman–Crippen MR) is 104 cm³/mol. The molecule has 0 atom stereocenters. The molecule has 1 amide bonds. The van der Waals surface area contributed by atoms with E-state index >= 15 is 0 Å². The van der Waals surface area contributed by atoms with E-state index in [1.807, 2.05) is 30.0 Å². The van der Waals surface area contributed by atoms with Gasteiger partial charge in [0.25, 0.3) is 5.91 Å². The number of aromatic amines is 1. The lowest BCUT2D eigenvalue weighted by molar-refractivity contribution is 0.0761. The quantitative estimate of drug-likeness (QED) is 0.898. The number of carbonyl (C=O) groups is 1. The Bertz CT molecular complexity index is 850. The summed E-state index contributed by atoms with van der Waals surface area (Å²) in [6, 6.07) is 7.74. The number of aryl methyl sites for hydroxylation is 1. The molecule has 0 spiro atoms. The third-order valence-electron chi connectivity index (χ3n) is 4.70. The van der Waals surface area contributed by atoms with Crippen molar-refractivity contribution in [2.24, 2.45) is 5.92 Å². The fourth-order valence-corrected chi connectivity index (χ4v) is 3.38. The number of carbonyl (C=O) groups excluding carboxylic acids is 1. The van der Waals surface area contributed by atoms with Gasteiger partial charge in [0.1, 0.15) is 17.6 Å². The molecule has 0 aromatic carbocycles. The number of hydrogen-bond acceptors (Lipinski definition) is 5. The molecule has 1 fully saturated rings. The molecule has 2 aromatic heterocycles. The maximum absolute atomic E-state index is 12.8. The Kier molecular flexibility index (Phi) is 5.75. The highest BCUT2D eigenvalue weighted by molar-refractivity contribution is 5.92. The van der Waals surface area contributed by atoms with E-state index in [-0.39, 0.29) is 5.91 Å². The molecule has 27 heavy (non-hydrogen) atoms. The number of amides is 1. The SMILES string of the molecule is Cc1ccc(C#N)c(N2CCCN(C(=O)c3cc(CC(C)C)[nH]n3)CC2)n1. The van der Waals surface area contributed by atoms with Gasteiger partial charge in [0.2, 0.25) is 0 Å². The smallest absolute Gasteiger partial charge is 0.274 e. The predicted octanol–water partition coefficient (Wildman–Crippen LogP) is 2.54. The minimum atomic E-state index is -0.0409. The van der Waals surface area contributed by atoms with Gasteiger partial charge in [-0.25, -0.2) is 4.98 Å². The van der Waals surface area contributed by atoms with Crippen molar-refractivity contribution in [3.05, 3.63) is 40.8 Å². The van der Waals surface area contributed by atoms with Crippen molar-refractivity contribution in [3.8, 4) is 6.07 Å². The summed E-state index contributed by atoms with van der Waals surface area (Å²) in [7, 11) is 0. The van der Waals surface area contributed by atoms with Gasteiger partial charge in [-0.2, -0.15) is 10.4 Å². The van der Waals surface area contributed by atoms with Crippen LogP contribution in [0, 0.1) is 24.2 Å². The largest absolute Gasteiger partial charge is 0.354 e. The number of anilines is 1. The van der Waals surface area contributed by atoms with Crippen LogP contribution in [0.4, 0.5) is 5.82 Å². The first kappa shape index (κ1) is 18.9. The van der Waals surface area contributed by atoms with Gasteiger partial charge in [0, 0.05) is 37.6 Å². The summed E-state index contributed by atoms with van der Waals surface area (Å²) in [5.74, 6) is 1.18. The lowest BCUT2D eigenvalue weighted by Crippen LogP contribution is -2.35. The second kappa shape index (κ2) is 8.21. The van der Waals surface area contributed by atoms with Gasteiger partial charge in [-0.3, -0.25) is 9.89 Å². The Morgan fingerprint density at radius 1 is 1.30 bits per heavy atom. The third kappa shape index (κ3) is 4.45. The summed E-state index contributed by atoms with van der Waals surface area (Å²) in [4.78, 5) is 21.3. The van der Waals surface area contributed by atoms with E-state index in [4.69, 9.17) is 0 Å². The van der Waals surface area contributed by atoms with Gasteiger partial charge in [-0.15, -0.1) is 0 Å². The van der Waals surface area contributed by atoms with Crippen LogP contribution in [0.2, 0.25) is 0 Å². The molecule has 0 radical (unpaired) electrons. The van der Waals surface area contributed by atoms with E-state index in [2.05, 4.69) is 40.0 Å². The van der Waals surface area contributed by atoms with Gasteiger partial charge in [0.05, 0.1) is 5.56 Å². The molecule has 7 heteroatoms. The molecule has 0 bridgehead atoms. The molecule has 0 unspecified atom stereocenters. The number of H-pyrrole nitrogens is 1. The molecule has 0 saturated carbocycles. The van der Waals surface area contributed by atoms with Crippen molar-refractivity contribution in [2.75, 3.05) is 31.1 Å². The zero-order valence-corrected chi connectivity index (χ0v) is 16.2. The van der Waals surface area contributed by atoms with Gasteiger partial charge in [0.15, 0.2) is 0 Å². The van der Waals surface area contributed by atoms with Crippen LogP contribution < -0.4 is 4.90 Å². The van der Waals surface area contributed by atoms with Crippen LogP contribution in [0.1, 0.15) is 47.7 Å². The number of hydrogen-bond donors (Lipinski definition) is 1. The van der Waals surface area contributed by atoms with Crippen LogP contribution in [-0.2, 0) is 6.42 Å². The summed E-state index contributed by atoms with van der Waals surface area (Å²) < 4.78 is 0. The van der Waals surface area contributed by atoms with Crippen molar-refractivity contribution in [2.45, 2.75) is 33.6 Å². The van der Waals surface area contributed by atoms with Gasteiger partial charge < -0.3 is 9.80 Å². The Labute approximate surface area is 160 Å². The molecule has 1 saturated heterocycles. The Balaban J connectivity index is 1.70. The molecule has 3 heterocycles. The van der Waals surface area contributed by atoms with Gasteiger partial charge >= 0.3 is 0 Å². The summed E-state index contributed by atoms with van der Waals surface area (Å²) >= 11 is 0. The number of rotatable bonds is 4. The van der Waals surface area contributed by atoms with Crippen LogP contribution in [-0.4, -0.2) is 52.2 Å². The second-order valence-electron chi connectivity index (χ2n) is 7.44. The summed E-state index contributed by atoms with van der Waals surface area (Å²) in [5, 5.41) is 16.6. The zero-order valence-electron chi connectivity index (χ0n) is 16.2. The van der Waals surface area contributed by atoms with E-state index in [0.29, 0.717) is 42.6 Å². The number of nitrogens with zero attached hydrogens (tertiary/aromatic N) is 5. The first-order chi connectivity index (χ1) is 13.0. The van der Waals surface area contributed by atoms with Crippen LogP contribution in [0.15, 0.2) is 18.2 Å². The third-order valence-corrected chi connectivity index (χ3v) is 4.70. The highest BCUT2D eigenvalue weighted by Crippen LogP contribution is 2.20. The normalized spacial score (nSPS) is 14.9. The Morgan fingerprint density at radius 3 is 2.85 bits per heavy atom. The molecule has 3 rings (SSSR count). The molecule has 1 aliphatic heterocycles. The number of nitrogens with one attached hydrogen (secondary N) is 1. The number of aromatic nitrogens is 3. The summed E-state index contributed by atoms with van der Waals surface area (Å²) in [5.41, 5.74) is 2.93. The van der Waals surface area contributed by atoms with Gasteiger partial charge in [-0.05, 0) is 43.9 Å². The zero-order chi connectivity index (χ0) is 19.4. The summed E-state index contributed by atoms with van der Waals surface area (Å²) in [6.07, 6.45) is 1.71. The molecule has 1 aliphatic rings. The Hall–Kier alpha value is -2.88. The van der Waals surface area contributed by atoms with E-state index in [9.17, 15) is 10.1 Å². The molecular formula is C20H26N6O. The van der Waals surface area contributed by atoms with Crippen LogP contribution >= 0.6 is 0 Å². The van der Waals surface area contributed by atoms with Crippen molar-refractivity contribution in [1.82, 2.24) is 20.1 Å². The van der Waals surface area contributed by atoms with E-state index in [1.54, 1.807) is 0 Å². The van der Waals surface area contributed by atoms with Crippen molar-refractivity contribution in [1.29, 1.82) is 5.26 Å². The van der Waals surface area contributed by atoms with Crippen molar-refractivity contribution in [3.63, 3.8) is 0 Å². The average Bonchev–Trinajstić information content (AvgIpc) is 2.95. The molecule has 142 valence electrons. The van der Waals surface area contributed by atoms with E-state index < -0.39 is 0 Å². The number of nitriles is 1. The second-order valence-corrected chi connectivity index (χ2v) is 7.44. The van der Waals surface area contributed by atoms with Crippen molar-refractivity contribution >= 4 is 11.7 Å². The molecule has 7 nitrogen and oxygen atoms in total. The maximum atomic E-state index is 12.8. The Morgan fingerprint density at radius 2 is 2.11 bits per heavy atom. The molecule has 1 N–H and O–H groups in total. The van der Waals surface area contributed by atoms with Crippen LogP contribution in [0.25, 0.3) is 0 Å². The van der Waals surface area contributed by atoms with Crippen molar-refractivity contribution < 1.29 is 4.79 Å². The summed E-state index contributed by atoms with van der Waals surface area (Å²) in [6.45, 7) is 8.89. The van der Waals surface area contributed by atoms with Crippen LogP contribution in [0.5, 0.6) is 0 Å². The standard InChI is InChI=1S/C20H26N6O/c1-14(2)11-17-12-18(24-23-17)20(27)26-8-4-7-25(9-10-26)19-16(13-21)6-5-15(3)22-19/h5-6,12,14H,4,7-11H2,1-3H3,(H,23,24). The molecule has 2 aromatic rings. The number of pyridine rings is 1. The highest BCUT2D eigenvalue weighted by atomic mass is 16.2. The molecular weight excluding hydrogens is 340 g/mol. The lowest BCUT2D eigenvalue weighted by atomic mass is 10.1. The monoisotopic (exact) mass is 366 g/mol. The fraction of sp³-hybridized carbons (Fsp3) is 0.500.